The van der Waals surface area contributed by atoms with Gasteiger partial charge < -0.3 is 20.1 Å². The third kappa shape index (κ3) is 3.26. The summed E-state index contributed by atoms with van der Waals surface area (Å²) in [6, 6.07) is 1.87. The van der Waals surface area contributed by atoms with Gasteiger partial charge in [0.2, 0.25) is 17.7 Å². The van der Waals surface area contributed by atoms with Gasteiger partial charge in [0.15, 0.2) is 0 Å². The maximum Gasteiger partial charge on any atom is 0.231 e. The maximum absolute atomic E-state index is 6.00. The number of piperidine rings is 1. The molecule has 0 aromatic carbocycles. The normalized spacial score (nSPS) is 21.1. The predicted molar refractivity (Wildman–Crippen MR) is 73.7 cm³/mol. The molecule has 2 unspecified atom stereocenters. The highest BCUT2D eigenvalue weighted by atomic mass is 16.5. The van der Waals surface area contributed by atoms with Crippen molar-refractivity contribution in [3.8, 4) is 11.8 Å². The highest BCUT2D eigenvalue weighted by Crippen LogP contribution is 2.25. The second-order valence-electron chi connectivity index (χ2n) is 4.96. The van der Waals surface area contributed by atoms with Crippen LogP contribution < -0.4 is 20.1 Å². The Labute approximate surface area is 113 Å². The Balaban J connectivity index is 2.20. The monoisotopic (exact) mass is 266 g/mol. The fourth-order valence-electron chi connectivity index (χ4n) is 2.36. The highest BCUT2D eigenvalue weighted by molar-refractivity contribution is 5.37. The first-order valence-electron chi connectivity index (χ1n) is 6.61. The van der Waals surface area contributed by atoms with Gasteiger partial charge in [-0.3, -0.25) is 0 Å². The van der Waals surface area contributed by atoms with E-state index in [1.807, 2.05) is 0 Å². The average Bonchev–Trinajstić information content (AvgIpc) is 2.46. The zero-order valence-electron chi connectivity index (χ0n) is 11.8. The van der Waals surface area contributed by atoms with E-state index in [2.05, 4.69) is 21.8 Å². The van der Waals surface area contributed by atoms with Crippen LogP contribution in [-0.2, 0) is 0 Å². The van der Waals surface area contributed by atoms with Gasteiger partial charge in [-0.25, -0.2) is 0 Å². The summed E-state index contributed by atoms with van der Waals surface area (Å²) in [5, 5.41) is 0. The third-order valence-corrected chi connectivity index (χ3v) is 3.57. The van der Waals surface area contributed by atoms with Gasteiger partial charge in [0, 0.05) is 19.1 Å². The Hall–Kier alpha value is -1.56. The van der Waals surface area contributed by atoms with Gasteiger partial charge in [-0.05, 0) is 25.7 Å². The quantitative estimate of drug-likeness (QED) is 0.878. The van der Waals surface area contributed by atoms with Crippen molar-refractivity contribution < 1.29 is 9.47 Å². The van der Waals surface area contributed by atoms with Crippen LogP contribution >= 0.6 is 0 Å². The standard InChI is InChI=1S/C13H22N4O2/c1-9(14)10-5-4-6-17(8-10)13-15-11(18-2)7-12(16-13)19-3/h7,9-10H,4-6,8,14H2,1-3H3. The molecule has 0 bridgehead atoms. The first-order chi connectivity index (χ1) is 9.13. The number of anilines is 1. The molecule has 1 aromatic rings. The Bertz CT molecular complexity index is 403. The fourth-order valence-corrected chi connectivity index (χ4v) is 2.36. The molecule has 2 N–H and O–H groups in total. The van der Waals surface area contributed by atoms with Gasteiger partial charge in [-0.15, -0.1) is 0 Å². The molecule has 1 saturated heterocycles. The van der Waals surface area contributed by atoms with E-state index in [0.717, 1.165) is 25.9 Å². The number of nitrogens with zero attached hydrogens (tertiary/aromatic N) is 3. The molecule has 19 heavy (non-hydrogen) atoms. The number of aromatic nitrogens is 2. The number of rotatable bonds is 4. The van der Waals surface area contributed by atoms with Gasteiger partial charge in [0.25, 0.3) is 0 Å². The number of methoxy groups -OCH3 is 2. The van der Waals surface area contributed by atoms with Crippen LogP contribution in [0.2, 0.25) is 0 Å². The SMILES string of the molecule is COc1cc(OC)nc(N2CCCC(C(C)N)C2)n1. The van der Waals surface area contributed by atoms with E-state index in [-0.39, 0.29) is 6.04 Å². The summed E-state index contributed by atoms with van der Waals surface area (Å²) >= 11 is 0. The third-order valence-electron chi connectivity index (χ3n) is 3.57. The summed E-state index contributed by atoms with van der Waals surface area (Å²) in [6.45, 7) is 3.88. The van der Waals surface area contributed by atoms with Crippen LogP contribution in [0, 0.1) is 5.92 Å². The van der Waals surface area contributed by atoms with Gasteiger partial charge in [-0.2, -0.15) is 9.97 Å². The lowest BCUT2D eigenvalue weighted by molar-refractivity contribution is 0.351. The summed E-state index contributed by atoms with van der Waals surface area (Å²) in [7, 11) is 3.18. The summed E-state index contributed by atoms with van der Waals surface area (Å²) in [4.78, 5) is 10.9. The molecule has 0 saturated carbocycles. The van der Waals surface area contributed by atoms with E-state index < -0.39 is 0 Å². The van der Waals surface area contributed by atoms with Crippen LogP contribution in [0.25, 0.3) is 0 Å². The van der Waals surface area contributed by atoms with Gasteiger partial charge in [0.1, 0.15) is 0 Å². The molecular formula is C13H22N4O2. The van der Waals surface area contributed by atoms with Crippen LogP contribution in [0.1, 0.15) is 19.8 Å². The molecule has 106 valence electrons. The Kier molecular flexibility index (Phi) is 4.42. The van der Waals surface area contributed by atoms with Crippen LogP contribution in [0.3, 0.4) is 0 Å². The van der Waals surface area contributed by atoms with Crippen molar-refractivity contribution in [3.63, 3.8) is 0 Å². The van der Waals surface area contributed by atoms with Crippen molar-refractivity contribution in [1.82, 2.24) is 9.97 Å². The minimum Gasteiger partial charge on any atom is -0.481 e. The zero-order chi connectivity index (χ0) is 13.8. The van der Waals surface area contributed by atoms with E-state index in [0.29, 0.717) is 23.6 Å². The summed E-state index contributed by atoms with van der Waals surface area (Å²) in [6.07, 6.45) is 2.27. The van der Waals surface area contributed by atoms with Crippen LogP contribution in [0.15, 0.2) is 6.07 Å². The van der Waals surface area contributed by atoms with E-state index in [1.165, 1.54) is 0 Å². The molecule has 0 aliphatic carbocycles. The summed E-state index contributed by atoms with van der Waals surface area (Å²) in [5.74, 6) is 2.17. The van der Waals surface area contributed by atoms with Gasteiger partial charge in [-0.1, -0.05) is 0 Å². The number of hydrogen-bond acceptors (Lipinski definition) is 6. The molecule has 6 heteroatoms. The molecule has 0 amide bonds. The molecule has 2 atom stereocenters. The largest absolute Gasteiger partial charge is 0.481 e. The number of hydrogen-bond donors (Lipinski definition) is 1. The fraction of sp³-hybridized carbons (Fsp3) is 0.692. The van der Waals surface area contributed by atoms with Crippen LogP contribution in [-0.4, -0.2) is 43.3 Å². The molecule has 1 aliphatic rings. The van der Waals surface area contributed by atoms with E-state index in [1.54, 1.807) is 20.3 Å². The van der Waals surface area contributed by atoms with Crippen LogP contribution in [0.4, 0.5) is 5.95 Å². The Morgan fingerprint density at radius 1 is 1.32 bits per heavy atom. The van der Waals surface area contributed by atoms with E-state index >= 15 is 0 Å². The lowest BCUT2D eigenvalue weighted by Gasteiger charge is -2.34. The molecule has 6 nitrogen and oxygen atoms in total. The van der Waals surface area contributed by atoms with Crippen molar-refractivity contribution in [1.29, 1.82) is 0 Å². The second-order valence-corrected chi connectivity index (χ2v) is 4.96. The van der Waals surface area contributed by atoms with Crippen molar-refractivity contribution >= 4 is 5.95 Å². The lowest BCUT2D eigenvalue weighted by atomic mass is 9.92. The van der Waals surface area contributed by atoms with E-state index in [9.17, 15) is 0 Å². The summed E-state index contributed by atoms with van der Waals surface area (Å²) < 4.78 is 10.4. The predicted octanol–water partition coefficient (Wildman–Crippen LogP) is 1.06. The van der Waals surface area contributed by atoms with Crippen molar-refractivity contribution in [2.75, 3.05) is 32.2 Å². The van der Waals surface area contributed by atoms with Crippen molar-refractivity contribution in [3.05, 3.63) is 6.07 Å². The number of ether oxygens (including phenoxy) is 2. The first kappa shape index (κ1) is 13.9. The topological polar surface area (TPSA) is 73.5 Å². The molecule has 1 aliphatic heterocycles. The Morgan fingerprint density at radius 2 is 1.95 bits per heavy atom. The average molecular weight is 266 g/mol. The summed E-state index contributed by atoms with van der Waals surface area (Å²) in [5.41, 5.74) is 6.00. The van der Waals surface area contributed by atoms with Gasteiger partial charge in [0.05, 0.1) is 20.3 Å². The lowest BCUT2D eigenvalue weighted by Crippen LogP contribution is -2.43. The van der Waals surface area contributed by atoms with Gasteiger partial charge >= 0.3 is 0 Å². The van der Waals surface area contributed by atoms with E-state index in [4.69, 9.17) is 15.2 Å². The van der Waals surface area contributed by atoms with Crippen molar-refractivity contribution in [2.45, 2.75) is 25.8 Å². The molecule has 0 radical (unpaired) electrons. The molecule has 1 aromatic heterocycles. The molecule has 0 spiro atoms. The van der Waals surface area contributed by atoms with Crippen LogP contribution in [0.5, 0.6) is 11.8 Å². The smallest absolute Gasteiger partial charge is 0.231 e. The molecular weight excluding hydrogens is 244 g/mol. The zero-order valence-corrected chi connectivity index (χ0v) is 11.8. The second kappa shape index (κ2) is 6.06. The highest BCUT2D eigenvalue weighted by Gasteiger charge is 2.25. The molecule has 2 rings (SSSR count). The molecule has 2 heterocycles. The van der Waals surface area contributed by atoms with Crippen molar-refractivity contribution in [2.24, 2.45) is 11.7 Å². The maximum atomic E-state index is 6.00. The first-order valence-corrected chi connectivity index (χ1v) is 6.61. The number of nitrogens with two attached hydrogens (primary N) is 1. The molecule has 1 fully saturated rings. The minimum absolute atomic E-state index is 0.190. The minimum atomic E-state index is 0.190. The Morgan fingerprint density at radius 3 is 2.47 bits per heavy atom.